The Hall–Kier alpha value is -1.37. The molecular weight excluding hydrogens is 211 g/mol. The Kier molecular flexibility index (Phi) is 2.26. The van der Waals surface area contributed by atoms with Crippen molar-refractivity contribution in [2.24, 2.45) is 0 Å². The van der Waals surface area contributed by atoms with Gasteiger partial charge in [-0.2, -0.15) is 13.2 Å². The molecule has 7 heteroatoms. The molecule has 0 aromatic carbocycles. The van der Waals surface area contributed by atoms with Gasteiger partial charge in [0.05, 0.1) is 6.10 Å². The Morgan fingerprint density at radius 3 is 2.33 bits per heavy atom. The molecule has 0 amide bonds. The van der Waals surface area contributed by atoms with Crippen LogP contribution in [0.5, 0.6) is 0 Å². The Morgan fingerprint density at radius 2 is 1.93 bits per heavy atom. The first-order chi connectivity index (χ1) is 6.97. The van der Waals surface area contributed by atoms with Crippen molar-refractivity contribution in [2.75, 3.05) is 18.0 Å². The fourth-order valence-corrected chi connectivity index (χ4v) is 1.29. The number of hydrogen-bond acceptors (Lipinski definition) is 4. The maximum Gasteiger partial charge on any atom is 0.435 e. The predicted octanol–water partition coefficient (Wildman–Crippen LogP) is 0.676. The van der Waals surface area contributed by atoms with Crippen molar-refractivity contribution >= 4 is 5.82 Å². The van der Waals surface area contributed by atoms with E-state index >= 15 is 0 Å². The zero-order valence-corrected chi connectivity index (χ0v) is 7.57. The SMILES string of the molecule is OC1CN(c2ccc(C(F)(F)F)nn2)C1. The number of anilines is 1. The van der Waals surface area contributed by atoms with Crippen LogP contribution in [0.2, 0.25) is 0 Å². The van der Waals surface area contributed by atoms with Gasteiger partial charge in [0.1, 0.15) is 0 Å². The maximum absolute atomic E-state index is 12.1. The summed E-state index contributed by atoms with van der Waals surface area (Å²) in [6.45, 7) is 0.778. The van der Waals surface area contributed by atoms with Gasteiger partial charge >= 0.3 is 6.18 Å². The summed E-state index contributed by atoms with van der Waals surface area (Å²) >= 11 is 0. The average molecular weight is 219 g/mol. The summed E-state index contributed by atoms with van der Waals surface area (Å²) in [5.41, 5.74) is -1.01. The lowest BCUT2D eigenvalue weighted by Crippen LogP contribution is -2.51. The molecule has 0 aliphatic carbocycles. The number of alkyl halides is 3. The van der Waals surface area contributed by atoms with Crippen molar-refractivity contribution in [2.45, 2.75) is 12.3 Å². The molecule has 1 N–H and O–H groups in total. The molecule has 15 heavy (non-hydrogen) atoms. The average Bonchev–Trinajstić information content (AvgIpc) is 2.12. The molecule has 1 aromatic rings. The van der Waals surface area contributed by atoms with E-state index in [-0.39, 0.29) is 0 Å². The molecule has 1 saturated heterocycles. The molecule has 2 rings (SSSR count). The van der Waals surface area contributed by atoms with Crippen molar-refractivity contribution in [1.29, 1.82) is 0 Å². The standard InChI is InChI=1S/C8H8F3N3O/c9-8(10,11)6-1-2-7(13-12-6)14-3-5(15)4-14/h1-2,5,15H,3-4H2. The fraction of sp³-hybridized carbons (Fsp3) is 0.500. The van der Waals surface area contributed by atoms with Crippen LogP contribution in [0.3, 0.4) is 0 Å². The third kappa shape index (κ3) is 2.01. The number of rotatable bonds is 1. The summed E-state index contributed by atoms with van der Waals surface area (Å²) in [4.78, 5) is 1.65. The van der Waals surface area contributed by atoms with Crippen molar-refractivity contribution in [3.8, 4) is 0 Å². The van der Waals surface area contributed by atoms with E-state index in [1.54, 1.807) is 4.90 Å². The molecule has 2 heterocycles. The lowest BCUT2D eigenvalue weighted by Gasteiger charge is -2.36. The highest BCUT2D eigenvalue weighted by Crippen LogP contribution is 2.28. The van der Waals surface area contributed by atoms with Gasteiger partial charge in [-0.05, 0) is 12.1 Å². The van der Waals surface area contributed by atoms with Crippen molar-refractivity contribution in [1.82, 2.24) is 10.2 Å². The molecule has 1 fully saturated rings. The predicted molar refractivity (Wildman–Crippen MR) is 45.3 cm³/mol. The molecule has 1 aliphatic heterocycles. The van der Waals surface area contributed by atoms with E-state index in [9.17, 15) is 13.2 Å². The summed E-state index contributed by atoms with van der Waals surface area (Å²) in [5.74, 6) is 0.355. The number of β-amino-alcohol motifs (C(OH)–C–C–N with tert-alkyl or cyclic N) is 1. The van der Waals surface area contributed by atoms with Crippen LogP contribution in [0, 0.1) is 0 Å². The molecule has 4 nitrogen and oxygen atoms in total. The highest BCUT2D eigenvalue weighted by molar-refractivity contribution is 5.41. The number of nitrogens with zero attached hydrogens (tertiary/aromatic N) is 3. The summed E-state index contributed by atoms with van der Waals surface area (Å²) in [6.07, 6.45) is -4.88. The van der Waals surface area contributed by atoms with E-state index in [0.29, 0.717) is 18.9 Å². The molecule has 0 atom stereocenters. The minimum absolute atomic E-state index is 0.355. The molecule has 0 bridgehead atoms. The summed E-state index contributed by atoms with van der Waals surface area (Å²) in [5, 5.41) is 15.5. The highest BCUT2D eigenvalue weighted by Gasteiger charge is 2.33. The largest absolute Gasteiger partial charge is 0.435 e. The third-order valence-electron chi connectivity index (χ3n) is 2.13. The van der Waals surface area contributed by atoms with Gasteiger partial charge < -0.3 is 10.0 Å². The smallest absolute Gasteiger partial charge is 0.389 e. The Bertz CT molecular complexity index is 345. The molecule has 0 saturated carbocycles. The topological polar surface area (TPSA) is 49.2 Å². The number of aliphatic hydroxyl groups excluding tert-OH is 1. The fourth-order valence-electron chi connectivity index (χ4n) is 1.29. The van der Waals surface area contributed by atoms with E-state index < -0.39 is 18.0 Å². The van der Waals surface area contributed by atoms with Gasteiger partial charge in [-0.25, -0.2) is 0 Å². The van der Waals surface area contributed by atoms with E-state index in [4.69, 9.17) is 5.11 Å². The third-order valence-corrected chi connectivity index (χ3v) is 2.13. The Labute approximate surface area is 83.3 Å². The molecular formula is C8H8F3N3O. The minimum Gasteiger partial charge on any atom is -0.389 e. The first-order valence-electron chi connectivity index (χ1n) is 4.31. The Balaban J connectivity index is 2.11. The van der Waals surface area contributed by atoms with E-state index in [1.165, 1.54) is 6.07 Å². The lowest BCUT2D eigenvalue weighted by atomic mass is 10.2. The van der Waals surface area contributed by atoms with Gasteiger partial charge in [-0.1, -0.05) is 0 Å². The van der Waals surface area contributed by atoms with Gasteiger partial charge in [0.25, 0.3) is 0 Å². The van der Waals surface area contributed by atoms with Gasteiger partial charge in [-0.15, -0.1) is 10.2 Å². The normalized spacial score (nSPS) is 17.7. The zero-order chi connectivity index (χ0) is 11.1. The van der Waals surface area contributed by atoms with Crippen LogP contribution in [0.15, 0.2) is 12.1 Å². The molecule has 1 aliphatic rings. The van der Waals surface area contributed by atoms with Crippen molar-refractivity contribution < 1.29 is 18.3 Å². The number of aliphatic hydroxyl groups is 1. The van der Waals surface area contributed by atoms with Gasteiger partial charge in [-0.3, -0.25) is 0 Å². The quantitative estimate of drug-likeness (QED) is 0.754. The van der Waals surface area contributed by atoms with Crippen LogP contribution in [0.4, 0.5) is 19.0 Å². The van der Waals surface area contributed by atoms with Crippen LogP contribution < -0.4 is 4.90 Å². The zero-order valence-electron chi connectivity index (χ0n) is 7.57. The Morgan fingerprint density at radius 1 is 1.27 bits per heavy atom. The molecule has 1 aromatic heterocycles. The number of aromatic nitrogens is 2. The lowest BCUT2D eigenvalue weighted by molar-refractivity contribution is -0.141. The van der Waals surface area contributed by atoms with Crippen LogP contribution in [-0.4, -0.2) is 34.5 Å². The second-order valence-electron chi connectivity index (χ2n) is 3.33. The monoisotopic (exact) mass is 219 g/mol. The van der Waals surface area contributed by atoms with Gasteiger partial charge in [0, 0.05) is 13.1 Å². The van der Waals surface area contributed by atoms with Crippen LogP contribution in [0.25, 0.3) is 0 Å². The second kappa shape index (κ2) is 3.34. The number of hydrogen-bond donors (Lipinski definition) is 1. The van der Waals surface area contributed by atoms with E-state index in [0.717, 1.165) is 6.07 Å². The summed E-state index contributed by atoms with van der Waals surface area (Å²) < 4.78 is 36.4. The molecule has 0 radical (unpaired) electrons. The molecule has 82 valence electrons. The minimum atomic E-state index is -4.46. The summed E-state index contributed by atoms with van der Waals surface area (Å²) in [7, 11) is 0. The van der Waals surface area contributed by atoms with Gasteiger partial charge in [0.15, 0.2) is 11.5 Å². The first-order valence-corrected chi connectivity index (χ1v) is 4.31. The molecule has 0 spiro atoms. The van der Waals surface area contributed by atoms with Gasteiger partial charge in [0.2, 0.25) is 0 Å². The second-order valence-corrected chi connectivity index (χ2v) is 3.33. The van der Waals surface area contributed by atoms with Crippen molar-refractivity contribution in [3.05, 3.63) is 17.8 Å². The highest BCUT2D eigenvalue weighted by atomic mass is 19.4. The van der Waals surface area contributed by atoms with Crippen LogP contribution in [0.1, 0.15) is 5.69 Å². The van der Waals surface area contributed by atoms with Crippen LogP contribution >= 0.6 is 0 Å². The molecule has 0 unspecified atom stereocenters. The van der Waals surface area contributed by atoms with E-state index in [1.807, 2.05) is 0 Å². The maximum atomic E-state index is 12.1. The van der Waals surface area contributed by atoms with Crippen molar-refractivity contribution in [3.63, 3.8) is 0 Å². The summed E-state index contributed by atoms with van der Waals surface area (Å²) in [6, 6.07) is 2.13. The number of halogens is 3. The van der Waals surface area contributed by atoms with E-state index in [2.05, 4.69) is 10.2 Å². The van der Waals surface area contributed by atoms with Crippen LogP contribution in [-0.2, 0) is 6.18 Å². The first kappa shape index (κ1) is 10.2.